The second-order valence-corrected chi connectivity index (χ2v) is 5.19. The maximum absolute atomic E-state index is 11.7. The molecule has 0 aliphatic carbocycles. The number of hydrogen-bond acceptors (Lipinski definition) is 2. The first-order valence-electron chi connectivity index (χ1n) is 7.51. The summed E-state index contributed by atoms with van der Waals surface area (Å²) in [6.07, 6.45) is 4.11. The number of amides is 1. The van der Waals surface area contributed by atoms with E-state index in [0.29, 0.717) is 13.0 Å². The topological polar surface area (TPSA) is 42.0 Å². The molecule has 0 saturated carbocycles. The monoisotopic (exact) mass is 282 g/mol. The maximum Gasteiger partial charge on any atom is 0.220 e. The minimum Gasteiger partial charge on any atom is -0.355 e. The average Bonchev–Trinajstić information content (AvgIpc) is 2.53. The SMILES string of the molecule is CCCC(=O)NCC(Cc1ccccn1)c1ccccc1. The number of nitrogens with one attached hydrogen (secondary N) is 1. The molecule has 0 spiro atoms. The van der Waals surface area contributed by atoms with Crippen LogP contribution in [-0.4, -0.2) is 17.4 Å². The molecule has 1 aromatic heterocycles. The van der Waals surface area contributed by atoms with Crippen molar-refractivity contribution in [3.63, 3.8) is 0 Å². The van der Waals surface area contributed by atoms with Crippen LogP contribution < -0.4 is 5.32 Å². The quantitative estimate of drug-likeness (QED) is 0.846. The Kier molecular flexibility index (Phi) is 5.95. The summed E-state index contributed by atoms with van der Waals surface area (Å²) in [5.41, 5.74) is 2.29. The lowest BCUT2D eigenvalue weighted by Gasteiger charge is -2.18. The van der Waals surface area contributed by atoms with Gasteiger partial charge in [-0.1, -0.05) is 43.3 Å². The Hall–Kier alpha value is -2.16. The molecule has 1 aromatic carbocycles. The summed E-state index contributed by atoms with van der Waals surface area (Å²) in [6.45, 7) is 2.67. The molecular formula is C18H22N2O. The molecule has 0 bridgehead atoms. The highest BCUT2D eigenvalue weighted by Crippen LogP contribution is 2.19. The molecule has 2 aromatic rings. The molecule has 21 heavy (non-hydrogen) atoms. The average molecular weight is 282 g/mol. The molecule has 0 aliphatic heterocycles. The third-order valence-electron chi connectivity index (χ3n) is 3.48. The van der Waals surface area contributed by atoms with Crippen LogP contribution in [0.1, 0.15) is 36.9 Å². The van der Waals surface area contributed by atoms with Gasteiger partial charge in [0.25, 0.3) is 0 Å². The normalized spacial score (nSPS) is 11.9. The van der Waals surface area contributed by atoms with E-state index in [1.165, 1.54) is 5.56 Å². The van der Waals surface area contributed by atoms with Crippen LogP contribution in [0, 0.1) is 0 Å². The van der Waals surface area contributed by atoms with Crippen molar-refractivity contribution in [1.29, 1.82) is 0 Å². The predicted molar refractivity (Wildman–Crippen MR) is 85.0 cm³/mol. The Morgan fingerprint density at radius 1 is 1.14 bits per heavy atom. The molecule has 0 saturated heterocycles. The minimum absolute atomic E-state index is 0.124. The van der Waals surface area contributed by atoms with Crippen LogP contribution in [-0.2, 0) is 11.2 Å². The van der Waals surface area contributed by atoms with Crippen molar-refractivity contribution in [1.82, 2.24) is 10.3 Å². The van der Waals surface area contributed by atoms with E-state index < -0.39 is 0 Å². The zero-order chi connectivity index (χ0) is 14.9. The van der Waals surface area contributed by atoms with E-state index in [1.54, 1.807) is 0 Å². The van der Waals surface area contributed by atoms with Crippen LogP contribution in [0.25, 0.3) is 0 Å². The second kappa shape index (κ2) is 8.20. The van der Waals surface area contributed by atoms with Gasteiger partial charge in [0, 0.05) is 30.8 Å². The van der Waals surface area contributed by atoms with Gasteiger partial charge in [0.1, 0.15) is 0 Å². The molecule has 0 radical (unpaired) electrons. The zero-order valence-electron chi connectivity index (χ0n) is 12.5. The van der Waals surface area contributed by atoms with Gasteiger partial charge in [0.15, 0.2) is 0 Å². The van der Waals surface area contributed by atoms with Crippen molar-refractivity contribution >= 4 is 5.91 Å². The number of nitrogens with zero attached hydrogens (tertiary/aromatic N) is 1. The lowest BCUT2D eigenvalue weighted by molar-refractivity contribution is -0.121. The van der Waals surface area contributed by atoms with Gasteiger partial charge < -0.3 is 5.32 Å². The van der Waals surface area contributed by atoms with Gasteiger partial charge in [-0.25, -0.2) is 0 Å². The highest BCUT2D eigenvalue weighted by Gasteiger charge is 2.14. The summed E-state index contributed by atoms with van der Waals surface area (Å²) in [6, 6.07) is 16.3. The number of carbonyl (C=O) groups is 1. The molecule has 1 amide bonds. The van der Waals surface area contributed by atoms with Crippen molar-refractivity contribution < 1.29 is 4.79 Å². The zero-order valence-corrected chi connectivity index (χ0v) is 12.5. The number of hydrogen-bond donors (Lipinski definition) is 1. The summed E-state index contributed by atoms with van der Waals surface area (Å²) in [5.74, 6) is 0.376. The van der Waals surface area contributed by atoms with Crippen LogP contribution in [0.15, 0.2) is 54.7 Å². The van der Waals surface area contributed by atoms with Crippen molar-refractivity contribution in [2.24, 2.45) is 0 Å². The lowest BCUT2D eigenvalue weighted by Crippen LogP contribution is -2.29. The van der Waals surface area contributed by atoms with E-state index in [9.17, 15) is 4.79 Å². The van der Waals surface area contributed by atoms with Crippen LogP contribution in [0.3, 0.4) is 0 Å². The number of pyridine rings is 1. The van der Waals surface area contributed by atoms with Crippen LogP contribution in [0.2, 0.25) is 0 Å². The second-order valence-electron chi connectivity index (χ2n) is 5.19. The molecule has 1 N–H and O–H groups in total. The van der Waals surface area contributed by atoms with Crippen molar-refractivity contribution in [3.8, 4) is 0 Å². The number of rotatable bonds is 7. The highest BCUT2D eigenvalue weighted by atomic mass is 16.1. The van der Waals surface area contributed by atoms with Gasteiger partial charge in [-0.05, 0) is 30.5 Å². The van der Waals surface area contributed by atoms with E-state index in [0.717, 1.165) is 18.5 Å². The highest BCUT2D eigenvalue weighted by molar-refractivity contribution is 5.75. The Morgan fingerprint density at radius 3 is 2.57 bits per heavy atom. The van der Waals surface area contributed by atoms with E-state index in [2.05, 4.69) is 22.4 Å². The van der Waals surface area contributed by atoms with Crippen molar-refractivity contribution in [3.05, 3.63) is 66.0 Å². The number of aromatic nitrogens is 1. The molecule has 3 heteroatoms. The summed E-state index contributed by atoms with van der Waals surface area (Å²) < 4.78 is 0. The van der Waals surface area contributed by atoms with Gasteiger partial charge in [0.05, 0.1) is 0 Å². The van der Waals surface area contributed by atoms with Crippen molar-refractivity contribution in [2.45, 2.75) is 32.1 Å². The van der Waals surface area contributed by atoms with E-state index in [1.807, 2.05) is 49.5 Å². The van der Waals surface area contributed by atoms with Gasteiger partial charge in [-0.15, -0.1) is 0 Å². The largest absolute Gasteiger partial charge is 0.355 e. The Morgan fingerprint density at radius 2 is 1.90 bits per heavy atom. The van der Waals surface area contributed by atoms with Gasteiger partial charge >= 0.3 is 0 Å². The van der Waals surface area contributed by atoms with Gasteiger partial charge in [0.2, 0.25) is 5.91 Å². The molecule has 3 nitrogen and oxygen atoms in total. The third-order valence-corrected chi connectivity index (χ3v) is 3.48. The minimum atomic E-state index is 0.124. The first kappa shape index (κ1) is 15.2. The first-order valence-corrected chi connectivity index (χ1v) is 7.51. The fraction of sp³-hybridized carbons (Fsp3) is 0.333. The predicted octanol–water partition coefficient (Wildman–Crippen LogP) is 3.32. The van der Waals surface area contributed by atoms with E-state index in [4.69, 9.17) is 0 Å². The molecule has 110 valence electrons. The van der Waals surface area contributed by atoms with Crippen molar-refractivity contribution in [2.75, 3.05) is 6.54 Å². The molecule has 0 fully saturated rings. The van der Waals surface area contributed by atoms with Crippen LogP contribution >= 0.6 is 0 Å². The summed E-state index contributed by atoms with van der Waals surface area (Å²) in [4.78, 5) is 16.1. The summed E-state index contributed by atoms with van der Waals surface area (Å²) in [7, 11) is 0. The molecule has 2 rings (SSSR count). The maximum atomic E-state index is 11.7. The molecule has 0 aliphatic rings. The number of benzene rings is 1. The van der Waals surface area contributed by atoms with Crippen LogP contribution in [0.5, 0.6) is 0 Å². The Bertz CT molecular complexity index is 540. The Labute approximate surface area is 126 Å². The molecular weight excluding hydrogens is 260 g/mol. The third kappa shape index (κ3) is 5.03. The summed E-state index contributed by atoms with van der Waals surface area (Å²) >= 11 is 0. The lowest BCUT2D eigenvalue weighted by atomic mass is 9.94. The summed E-state index contributed by atoms with van der Waals surface area (Å²) in [5, 5.41) is 3.04. The Balaban J connectivity index is 2.06. The van der Waals surface area contributed by atoms with E-state index in [-0.39, 0.29) is 11.8 Å². The molecule has 1 unspecified atom stereocenters. The van der Waals surface area contributed by atoms with Gasteiger partial charge in [-0.2, -0.15) is 0 Å². The number of carbonyl (C=O) groups excluding carboxylic acids is 1. The molecule has 1 heterocycles. The van der Waals surface area contributed by atoms with Gasteiger partial charge in [-0.3, -0.25) is 9.78 Å². The van der Waals surface area contributed by atoms with Crippen LogP contribution in [0.4, 0.5) is 0 Å². The van der Waals surface area contributed by atoms with E-state index >= 15 is 0 Å². The smallest absolute Gasteiger partial charge is 0.220 e. The fourth-order valence-corrected chi connectivity index (χ4v) is 2.36. The molecule has 1 atom stereocenters. The fourth-order valence-electron chi connectivity index (χ4n) is 2.36. The standard InChI is InChI=1S/C18H22N2O/c1-2-8-18(21)20-14-16(15-9-4-3-5-10-15)13-17-11-6-7-12-19-17/h3-7,9-12,16H,2,8,13-14H2,1H3,(H,20,21). The first-order chi connectivity index (χ1) is 10.3.